The van der Waals surface area contributed by atoms with Gasteiger partial charge < -0.3 is 10.2 Å². The molecule has 122 valence electrons. The molecule has 0 radical (unpaired) electrons. The van der Waals surface area contributed by atoms with E-state index in [2.05, 4.69) is 5.32 Å². The van der Waals surface area contributed by atoms with Crippen LogP contribution in [0, 0.1) is 17.1 Å². The van der Waals surface area contributed by atoms with E-state index in [0.717, 1.165) is 5.56 Å². The highest BCUT2D eigenvalue weighted by atomic mass is 19.1. The maximum atomic E-state index is 13.1. The van der Waals surface area contributed by atoms with E-state index in [1.165, 1.54) is 12.1 Å². The molecule has 1 N–H and O–H groups in total. The zero-order valence-corrected chi connectivity index (χ0v) is 12.9. The summed E-state index contributed by atoms with van der Waals surface area (Å²) in [4.78, 5) is 25.2. The first-order chi connectivity index (χ1) is 11.1. The van der Waals surface area contributed by atoms with Crippen LogP contribution in [0.2, 0.25) is 0 Å². The second kappa shape index (κ2) is 8.28. The van der Waals surface area contributed by atoms with Crippen LogP contribution in [0.1, 0.15) is 31.2 Å². The number of hydrogen-bond acceptors (Lipinski definition) is 3. The van der Waals surface area contributed by atoms with Crippen LogP contribution in [0.15, 0.2) is 24.3 Å². The van der Waals surface area contributed by atoms with Crippen LogP contribution in [-0.2, 0) is 16.0 Å². The van der Waals surface area contributed by atoms with Crippen LogP contribution in [0.5, 0.6) is 0 Å². The number of likely N-dealkylation sites (tertiary alicyclic amines) is 1. The number of benzene rings is 1. The third-order valence-electron chi connectivity index (χ3n) is 3.97. The first-order valence-corrected chi connectivity index (χ1v) is 7.77. The SMILES string of the molecule is N#CCC(=O)N1CCC(NC(=O)CCc2cccc(F)c2)CC1. The molecular weight excluding hydrogens is 297 g/mol. The largest absolute Gasteiger partial charge is 0.353 e. The number of carbonyl (C=O) groups is 2. The highest BCUT2D eigenvalue weighted by Crippen LogP contribution is 2.12. The Morgan fingerprint density at radius 1 is 1.35 bits per heavy atom. The molecule has 0 aliphatic carbocycles. The molecule has 1 aliphatic heterocycles. The number of piperidine rings is 1. The molecule has 23 heavy (non-hydrogen) atoms. The van der Waals surface area contributed by atoms with Crippen LogP contribution in [0.3, 0.4) is 0 Å². The minimum atomic E-state index is -0.294. The summed E-state index contributed by atoms with van der Waals surface area (Å²) in [7, 11) is 0. The van der Waals surface area contributed by atoms with Gasteiger partial charge in [-0.3, -0.25) is 9.59 Å². The lowest BCUT2D eigenvalue weighted by Gasteiger charge is -2.32. The Labute approximate surface area is 135 Å². The molecule has 0 saturated carbocycles. The number of nitriles is 1. The Morgan fingerprint density at radius 3 is 2.74 bits per heavy atom. The van der Waals surface area contributed by atoms with Gasteiger partial charge in [0.1, 0.15) is 12.2 Å². The zero-order chi connectivity index (χ0) is 16.7. The molecule has 0 spiro atoms. The molecule has 0 atom stereocenters. The lowest BCUT2D eigenvalue weighted by molar-refractivity contribution is -0.131. The van der Waals surface area contributed by atoms with Crippen molar-refractivity contribution in [3.05, 3.63) is 35.6 Å². The van der Waals surface area contributed by atoms with E-state index in [-0.39, 0.29) is 30.1 Å². The summed E-state index contributed by atoms with van der Waals surface area (Å²) in [6.07, 6.45) is 2.12. The van der Waals surface area contributed by atoms with Crippen molar-refractivity contribution < 1.29 is 14.0 Å². The zero-order valence-electron chi connectivity index (χ0n) is 12.9. The summed E-state index contributed by atoms with van der Waals surface area (Å²) in [6, 6.07) is 8.17. The predicted molar refractivity (Wildman–Crippen MR) is 82.7 cm³/mol. The van der Waals surface area contributed by atoms with Gasteiger partial charge in [-0.1, -0.05) is 12.1 Å². The number of nitrogens with one attached hydrogen (secondary N) is 1. The Balaban J connectivity index is 1.71. The fraction of sp³-hybridized carbons (Fsp3) is 0.471. The van der Waals surface area contributed by atoms with Crippen molar-refractivity contribution in [1.29, 1.82) is 5.26 Å². The number of amides is 2. The van der Waals surface area contributed by atoms with Gasteiger partial charge in [0.25, 0.3) is 0 Å². The highest BCUT2D eigenvalue weighted by Gasteiger charge is 2.23. The van der Waals surface area contributed by atoms with Gasteiger partial charge >= 0.3 is 0 Å². The molecule has 1 heterocycles. The molecule has 1 fully saturated rings. The lowest BCUT2D eigenvalue weighted by atomic mass is 10.0. The number of hydrogen-bond donors (Lipinski definition) is 1. The smallest absolute Gasteiger partial charge is 0.236 e. The van der Waals surface area contributed by atoms with Gasteiger partial charge in [0, 0.05) is 25.6 Å². The van der Waals surface area contributed by atoms with Crippen molar-refractivity contribution in [2.24, 2.45) is 0 Å². The van der Waals surface area contributed by atoms with Crippen LogP contribution in [0.4, 0.5) is 4.39 Å². The molecule has 5 nitrogen and oxygen atoms in total. The molecule has 0 aromatic heterocycles. The highest BCUT2D eigenvalue weighted by molar-refractivity contribution is 5.78. The summed E-state index contributed by atoms with van der Waals surface area (Å²) in [5.41, 5.74) is 0.803. The minimum absolute atomic E-state index is 0.0566. The molecule has 1 aliphatic rings. The number of halogens is 1. The fourth-order valence-corrected chi connectivity index (χ4v) is 2.70. The molecular formula is C17H20FN3O2. The van der Waals surface area contributed by atoms with E-state index in [0.29, 0.717) is 38.8 Å². The Kier molecular flexibility index (Phi) is 6.10. The monoisotopic (exact) mass is 317 g/mol. The second-order valence-electron chi connectivity index (χ2n) is 5.69. The van der Waals surface area contributed by atoms with Crippen LogP contribution in [-0.4, -0.2) is 35.8 Å². The molecule has 1 saturated heterocycles. The standard InChI is InChI=1S/C17H20FN3O2/c18-14-3-1-2-13(12-14)4-5-16(22)20-15-7-10-21(11-8-15)17(23)6-9-19/h1-3,12,15H,4-8,10-11H2,(H,20,22). The molecule has 0 unspecified atom stereocenters. The molecule has 1 aromatic rings. The summed E-state index contributed by atoms with van der Waals surface area (Å²) in [5.74, 6) is -0.503. The Bertz CT molecular complexity index is 604. The van der Waals surface area contributed by atoms with Gasteiger partial charge in [0.15, 0.2) is 0 Å². The van der Waals surface area contributed by atoms with Gasteiger partial charge in [0.05, 0.1) is 6.07 Å². The summed E-state index contributed by atoms with van der Waals surface area (Å²) < 4.78 is 13.1. The Hall–Kier alpha value is -2.42. The first kappa shape index (κ1) is 16.9. The predicted octanol–water partition coefficient (Wildman–Crippen LogP) is 1.78. The molecule has 0 bridgehead atoms. The van der Waals surface area contributed by atoms with Crippen molar-refractivity contribution in [2.75, 3.05) is 13.1 Å². The van der Waals surface area contributed by atoms with Crippen molar-refractivity contribution in [3.8, 4) is 6.07 Å². The normalized spacial score (nSPS) is 15.0. The maximum absolute atomic E-state index is 13.1. The van der Waals surface area contributed by atoms with Crippen LogP contribution < -0.4 is 5.32 Å². The fourth-order valence-electron chi connectivity index (χ4n) is 2.70. The van der Waals surface area contributed by atoms with Gasteiger partial charge in [0.2, 0.25) is 11.8 Å². The van der Waals surface area contributed by atoms with Gasteiger partial charge in [-0.25, -0.2) is 4.39 Å². The van der Waals surface area contributed by atoms with E-state index < -0.39 is 0 Å². The van der Waals surface area contributed by atoms with Crippen LogP contribution >= 0.6 is 0 Å². The van der Waals surface area contributed by atoms with E-state index in [1.54, 1.807) is 17.0 Å². The van der Waals surface area contributed by atoms with E-state index in [9.17, 15) is 14.0 Å². The minimum Gasteiger partial charge on any atom is -0.353 e. The van der Waals surface area contributed by atoms with E-state index in [1.807, 2.05) is 6.07 Å². The molecule has 2 rings (SSSR count). The third kappa shape index (κ3) is 5.37. The van der Waals surface area contributed by atoms with E-state index >= 15 is 0 Å². The van der Waals surface area contributed by atoms with Gasteiger partial charge in [-0.2, -0.15) is 5.26 Å². The Morgan fingerprint density at radius 2 is 2.09 bits per heavy atom. The van der Waals surface area contributed by atoms with Gasteiger partial charge in [-0.15, -0.1) is 0 Å². The second-order valence-corrected chi connectivity index (χ2v) is 5.69. The third-order valence-corrected chi connectivity index (χ3v) is 3.97. The van der Waals surface area contributed by atoms with Crippen molar-refractivity contribution >= 4 is 11.8 Å². The van der Waals surface area contributed by atoms with E-state index in [4.69, 9.17) is 5.26 Å². The summed E-state index contributed by atoms with van der Waals surface area (Å²) in [5, 5.41) is 11.5. The quantitative estimate of drug-likeness (QED) is 0.899. The van der Waals surface area contributed by atoms with Crippen LogP contribution in [0.25, 0.3) is 0 Å². The molecule has 2 amide bonds. The molecule has 6 heteroatoms. The lowest BCUT2D eigenvalue weighted by Crippen LogP contribution is -2.46. The average Bonchev–Trinajstić information content (AvgIpc) is 2.54. The molecule has 1 aromatic carbocycles. The number of carbonyl (C=O) groups excluding carboxylic acids is 2. The van der Waals surface area contributed by atoms with Crippen molar-refractivity contribution in [1.82, 2.24) is 10.2 Å². The number of nitrogens with zero attached hydrogens (tertiary/aromatic N) is 2. The first-order valence-electron chi connectivity index (χ1n) is 7.77. The average molecular weight is 317 g/mol. The van der Waals surface area contributed by atoms with Crippen molar-refractivity contribution in [3.63, 3.8) is 0 Å². The number of aryl methyl sites for hydroxylation is 1. The van der Waals surface area contributed by atoms with Gasteiger partial charge in [-0.05, 0) is 37.0 Å². The number of rotatable bonds is 5. The maximum Gasteiger partial charge on any atom is 0.236 e. The summed E-state index contributed by atoms with van der Waals surface area (Å²) in [6.45, 7) is 1.13. The summed E-state index contributed by atoms with van der Waals surface area (Å²) >= 11 is 0. The topological polar surface area (TPSA) is 73.2 Å². The van der Waals surface area contributed by atoms with Crippen molar-refractivity contribution in [2.45, 2.75) is 38.1 Å².